The Bertz CT molecular complexity index is 1300. The molecule has 4 rings (SSSR count). The molecule has 1 aliphatic rings. The second-order valence-electron chi connectivity index (χ2n) is 8.78. The molecule has 0 amide bonds. The molecule has 2 aromatic heterocycles. The Morgan fingerprint density at radius 1 is 1.27 bits per heavy atom. The molecule has 7 nitrogen and oxygen atoms in total. The zero-order valence-electron chi connectivity index (χ0n) is 19.5. The molecule has 1 atom stereocenters. The molecular formula is C24H25ClFN7. The number of pyridine rings is 2. The van der Waals surface area contributed by atoms with Crippen molar-refractivity contribution < 1.29 is 5.76 Å². The first-order valence-electron chi connectivity index (χ1n) is 10.8. The maximum atomic E-state index is 13.5. The van der Waals surface area contributed by atoms with E-state index in [1.54, 1.807) is 18.5 Å². The van der Waals surface area contributed by atoms with Crippen molar-refractivity contribution in [2.45, 2.75) is 26.8 Å². The summed E-state index contributed by atoms with van der Waals surface area (Å²) in [5, 5.41) is 7.77. The van der Waals surface area contributed by atoms with E-state index in [9.17, 15) is 5.76 Å². The first-order chi connectivity index (χ1) is 16.1. The van der Waals surface area contributed by atoms with E-state index < -0.39 is 12.0 Å². The van der Waals surface area contributed by atoms with Gasteiger partial charge in [-0.3, -0.25) is 4.98 Å². The van der Waals surface area contributed by atoms with Gasteiger partial charge in [0, 0.05) is 36.2 Å². The fourth-order valence-electron chi connectivity index (χ4n) is 3.33. The number of hydrogen-bond donors (Lipinski definition) is 5. The largest absolute Gasteiger partial charge is 0.383 e. The number of nitrogens with zero attached hydrogens (tertiary/aromatic N) is 2. The Morgan fingerprint density at radius 3 is 2.73 bits per heavy atom. The standard InChI is InChI=1S/C24H25ClFN7/c1-5-14-10-28-23-17(21(14)29-13-24(2,3)4)8-16(9-18(23)25)31-22(19-12-30-33-32-19)15-6-7-20(26)27-11-15/h1,6-12,22,30-33H,13H2,2-4H3,(H,28,29)/t22-/m1/s1/i22D. The number of anilines is 2. The summed E-state index contributed by atoms with van der Waals surface area (Å²) < 4.78 is 22.7. The van der Waals surface area contributed by atoms with E-state index in [4.69, 9.17) is 18.0 Å². The van der Waals surface area contributed by atoms with Crippen LogP contribution in [0.1, 0.15) is 39.3 Å². The predicted molar refractivity (Wildman–Crippen MR) is 131 cm³/mol. The van der Waals surface area contributed by atoms with Crippen molar-refractivity contribution in [3.8, 4) is 12.3 Å². The molecule has 0 unspecified atom stereocenters. The van der Waals surface area contributed by atoms with Crippen molar-refractivity contribution in [1.29, 1.82) is 0 Å². The van der Waals surface area contributed by atoms with Gasteiger partial charge >= 0.3 is 0 Å². The van der Waals surface area contributed by atoms with Crippen LogP contribution in [0.4, 0.5) is 15.8 Å². The Balaban J connectivity index is 1.83. The lowest BCUT2D eigenvalue weighted by Crippen LogP contribution is -2.34. The third-order valence-electron chi connectivity index (χ3n) is 4.92. The molecule has 170 valence electrons. The maximum absolute atomic E-state index is 13.5. The second-order valence-corrected chi connectivity index (χ2v) is 9.19. The van der Waals surface area contributed by atoms with Crippen molar-refractivity contribution >= 4 is 33.9 Å². The lowest BCUT2D eigenvalue weighted by Gasteiger charge is -2.23. The van der Waals surface area contributed by atoms with E-state index >= 15 is 0 Å². The normalized spacial score (nSPS) is 15.5. The Labute approximate surface area is 198 Å². The summed E-state index contributed by atoms with van der Waals surface area (Å²) in [6, 6.07) is 4.69. The van der Waals surface area contributed by atoms with Gasteiger partial charge in [-0.2, -0.15) is 9.93 Å². The highest BCUT2D eigenvalue weighted by Crippen LogP contribution is 2.35. The minimum absolute atomic E-state index is 0.00759. The number of aromatic nitrogens is 2. The fourth-order valence-corrected chi connectivity index (χ4v) is 3.60. The van der Waals surface area contributed by atoms with E-state index in [2.05, 4.69) is 63.7 Å². The summed E-state index contributed by atoms with van der Waals surface area (Å²) >= 11 is 6.62. The van der Waals surface area contributed by atoms with Crippen molar-refractivity contribution in [1.82, 2.24) is 26.4 Å². The van der Waals surface area contributed by atoms with Gasteiger partial charge in [-0.15, -0.1) is 6.42 Å². The predicted octanol–water partition coefficient (Wildman–Crippen LogP) is 4.47. The van der Waals surface area contributed by atoms with E-state index in [-0.39, 0.29) is 5.41 Å². The molecule has 0 spiro atoms. The SMILES string of the molecule is [2H][C@](Nc1cc(Cl)c2ncc(C#C)c(NCC(C)(C)C)c2c1)(C1=CNNN1)c1ccc(F)nc1. The number of terminal acetylenes is 1. The van der Waals surface area contributed by atoms with E-state index in [0.717, 1.165) is 11.1 Å². The number of fused-ring (bicyclic) bond motifs is 1. The molecule has 0 saturated carbocycles. The molecule has 33 heavy (non-hydrogen) atoms. The molecule has 0 aliphatic carbocycles. The molecular weight excluding hydrogens is 441 g/mol. The van der Waals surface area contributed by atoms with Crippen LogP contribution in [0, 0.1) is 23.7 Å². The van der Waals surface area contributed by atoms with Gasteiger partial charge in [0.15, 0.2) is 0 Å². The minimum atomic E-state index is -1.55. The molecule has 0 saturated heterocycles. The van der Waals surface area contributed by atoms with Crippen LogP contribution in [0.2, 0.25) is 5.02 Å². The topological polar surface area (TPSA) is 85.9 Å². The molecule has 3 aromatic rings. The van der Waals surface area contributed by atoms with Crippen molar-refractivity contribution in [2.24, 2.45) is 5.41 Å². The summed E-state index contributed by atoms with van der Waals surface area (Å²) in [6.45, 7) is 7.03. The number of halogens is 2. The molecule has 9 heteroatoms. The zero-order chi connectivity index (χ0) is 24.5. The zero-order valence-corrected chi connectivity index (χ0v) is 19.2. The van der Waals surface area contributed by atoms with Crippen LogP contribution in [0.3, 0.4) is 0 Å². The molecule has 1 aromatic carbocycles. The highest BCUT2D eigenvalue weighted by Gasteiger charge is 2.21. The molecule has 0 fully saturated rings. The summed E-state index contributed by atoms with van der Waals surface area (Å²) in [5.41, 5.74) is 11.8. The molecule has 1 aliphatic heterocycles. The number of hydrogen-bond acceptors (Lipinski definition) is 7. The van der Waals surface area contributed by atoms with Gasteiger partial charge in [0.05, 0.1) is 34.9 Å². The van der Waals surface area contributed by atoms with Crippen molar-refractivity contribution in [3.63, 3.8) is 0 Å². The summed E-state index contributed by atoms with van der Waals surface area (Å²) in [4.78, 5) is 8.17. The minimum Gasteiger partial charge on any atom is -0.383 e. The highest BCUT2D eigenvalue weighted by molar-refractivity contribution is 6.35. The van der Waals surface area contributed by atoms with Crippen LogP contribution in [-0.2, 0) is 0 Å². The van der Waals surface area contributed by atoms with E-state index in [1.807, 2.05) is 6.07 Å². The molecule has 0 bridgehead atoms. The number of nitrogens with one attached hydrogen (secondary N) is 5. The smallest absolute Gasteiger partial charge is 0.212 e. The van der Waals surface area contributed by atoms with Crippen LogP contribution in [0.5, 0.6) is 0 Å². The third kappa shape index (κ3) is 5.11. The van der Waals surface area contributed by atoms with Crippen molar-refractivity contribution in [2.75, 3.05) is 17.2 Å². The second kappa shape index (κ2) is 9.14. The van der Waals surface area contributed by atoms with Gasteiger partial charge < -0.3 is 21.5 Å². The summed E-state index contributed by atoms with van der Waals surface area (Å²) in [5.74, 6) is 2.05. The summed E-state index contributed by atoms with van der Waals surface area (Å²) in [6.07, 6.45) is 10.3. The average Bonchev–Trinajstić information content (AvgIpc) is 3.33. The quantitative estimate of drug-likeness (QED) is 0.271. The fraction of sp³-hybridized carbons (Fsp3) is 0.250. The Hall–Kier alpha value is -3.54. The van der Waals surface area contributed by atoms with E-state index in [1.165, 1.54) is 18.3 Å². The third-order valence-corrected chi connectivity index (χ3v) is 5.20. The van der Waals surface area contributed by atoms with Crippen LogP contribution >= 0.6 is 11.6 Å². The average molecular weight is 467 g/mol. The lowest BCUT2D eigenvalue weighted by atomic mass is 9.96. The molecule has 5 N–H and O–H groups in total. The van der Waals surface area contributed by atoms with Gasteiger partial charge in [-0.05, 0) is 29.2 Å². The van der Waals surface area contributed by atoms with Gasteiger partial charge in [0.2, 0.25) is 5.95 Å². The van der Waals surface area contributed by atoms with Crippen LogP contribution < -0.4 is 27.0 Å². The number of benzene rings is 1. The van der Waals surface area contributed by atoms with Gasteiger partial charge in [0.25, 0.3) is 0 Å². The highest BCUT2D eigenvalue weighted by atomic mass is 35.5. The lowest BCUT2D eigenvalue weighted by molar-refractivity contribution is 0.443. The Morgan fingerprint density at radius 2 is 2.09 bits per heavy atom. The first kappa shape index (κ1) is 21.3. The number of rotatable bonds is 6. The summed E-state index contributed by atoms with van der Waals surface area (Å²) in [7, 11) is 0. The van der Waals surface area contributed by atoms with Gasteiger partial charge in [0.1, 0.15) is 0 Å². The molecule has 3 heterocycles. The van der Waals surface area contributed by atoms with Crippen molar-refractivity contribution in [3.05, 3.63) is 70.7 Å². The van der Waals surface area contributed by atoms with Crippen LogP contribution in [0.15, 0.2) is 48.6 Å². The van der Waals surface area contributed by atoms with Crippen LogP contribution in [-0.4, -0.2) is 16.5 Å². The van der Waals surface area contributed by atoms with Gasteiger partial charge in [-0.25, -0.2) is 4.98 Å². The first-order valence-corrected chi connectivity index (χ1v) is 10.7. The molecule has 0 radical (unpaired) electrons. The maximum Gasteiger partial charge on any atom is 0.212 e. The Kier molecular flexibility index (Phi) is 5.90. The number of hydrazine groups is 2. The monoisotopic (exact) mass is 466 g/mol. The van der Waals surface area contributed by atoms with Crippen LogP contribution in [0.25, 0.3) is 10.9 Å². The van der Waals surface area contributed by atoms with Gasteiger partial charge in [-0.1, -0.05) is 44.4 Å². The van der Waals surface area contributed by atoms with E-state index in [0.29, 0.717) is 39.6 Å².